The first kappa shape index (κ1) is 33.2. The average Bonchev–Trinajstić information content (AvgIpc) is 2.99. The van der Waals surface area contributed by atoms with Gasteiger partial charge in [0.2, 0.25) is 17.5 Å². The van der Waals surface area contributed by atoms with Crippen molar-refractivity contribution in [1.29, 1.82) is 0 Å². The summed E-state index contributed by atoms with van der Waals surface area (Å²) in [5, 5.41) is 91.9. The number of aliphatic hydroxyl groups excluding tert-OH is 5. The van der Waals surface area contributed by atoms with E-state index < -0.39 is 119 Å². The maximum Gasteiger partial charge on any atom is 0.303 e. The SMILES string of the molecule is CC(=O)O[C@H]1[C@H](Oc2c(-c3ccc(O)c(O)c3)oc3cc(O)cc(O)c3c2=O)O[C@H](CO[C@@H]2O[C@@H](C)[C@H](O)[C@@H](O)[C@@H]2O)[C@@H](O)[C@@H]1O. The number of aliphatic hydroxyl groups is 5. The summed E-state index contributed by atoms with van der Waals surface area (Å²) in [6.45, 7) is 1.78. The smallest absolute Gasteiger partial charge is 0.303 e. The lowest BCUT2D eigenvalue weighted by molar-refractivity contribution is -0.319. The molecule has 250 valence electrons. The van der Waals surface area contributed by atoms with Gasteiger partial charge in [-0.2, -0.15) is 0 Å². The van der Waals surface area contributed by atoms with Gasteiger partial charge in [-0.15, -0.1) is 0 Å². The molecule has 2 aliphatic heterocycles. The molecule has 17 heteroatoms. The zero-order valence-electron chi connectivity index (χ0n) is 24.2. The van der Waals surface area contributed by atoms with Crippen molar-refractivity contribution in [3.8, 4) is 40.1 Å². The first-order valence-corrected chi connectivity index (χ1v) is 13.9. The Morgan fingerprint density at radius 3 is 2.22 bits per heavy atom. The summed E-state index contributed by atoms with van der Waals surface area (Å²) in [7, 11) is 0. The van der Waals surface area contributed by atoms with Gasteiger partial charge in [-0.05, 0) is 25.1 Å². The number of fused-ring (bicyclic) bond motifs is 1. The van der Waals surface area contributed by atoms with E-state index in [0.29, 0.717) is 0 Å². The molecule has 46 heavy (non-hydrogen) atoms. The van der Waals surface area contributed by atoms with Gasteiger partial charge in [0.05, 0.1) is 12.7 Å². The van der Waals surface area contributed by atoms with Gasteiger partial charge in [-0.3, -0.25) is 9.59 Å². The minimum Gasteiger partial charge on any atom is -0.508 e. The van der Waals surface area contributed by atoms with Crippen LogP contribution in [0.2, 0.25) is 0 Å². The highest BCUT2D eigenvalue weighted by molar-refractivity contribution is 5.88. The standard InChI is InChI=1S/C29H32O17/c1-9-19(35)22(38)24(40)28(42-9)41-8-17-20(36)23(39)27(43-10(2)30)29(45-17)46-26-21(37)18-15(34)6-12(31)7-16(18)44-25(26)11-3-4-13(32)14(33)5-11/h3-7,9,17,19-20,22-24,27-29,31-36,38-40H,8H2,1-2H3/t9-,17+,19-,20+,22+,23-,24-,27+,28+,29-/m0/s1. The Labute approximate surface area is 258 Å². The molecular weight excluding hydrogens is 620 g/mol. The molecule has 3 heterocycles. The Morgan fingerprint density at radius 1 is 0.826 bits per heavy atom. The van der Waals surface area contributed by atoms with Crippen molar-refractivity contribution in [2.45, 2.75) is 75.3 Å². The van der Waals surface area contributed by atoms with Crippen LogP contribution >= 0.6 is 0 Å². The summed E-state index contributed by atoms with van der Waals surface area (Å²) in [6, 6.07) is 5.20. The second kappa shape index (κ2) is 12.9. The molecule has 2 aromatic carbocycles. The molecule has 0 aliphatic carbocycles. The molecule has 1 aromatic heterocycles. The minimum atomic E-state index is -1.92. The molecule has 3 aromatic rings. The average molecular weight is 653 g/mol. The predicted octanol–water partition coefficient (Wildman–Crippen LogP) is -1.12. The van der Waals surface area contributed by atoms with Crippen LogP contribution < -0.4 is 10.2 Å². The van der Waals surface area contributed by atoms with Crippen molar-refractivity contribution >= 4 is 16.9 Å². The van der Waals surface area contributed by atoms with Gasteiger partial charge in [-0.25, -0.2) is 0 Å². The van der Waals surface area contributed by atoms with Gasteiger partial charge in [-0.1, -0.05) is 0 Å². The van der Waals surface area contributed by atoms with Crippen LogP contribution in [0, 0.1) is 0 Å². The molecule has 5 rings (SSSR count). The molecule has 2 fully saturated rings. The molecule has 2 saturated heterocycles. The zero-order chi connectivity index (χ0) is 33.6. The summed E-state index contributed by atoms with van der Waals surface area (Å²) in [5.41, 5.74) is -1.40. The number of benzene rings is 2. The van der Waals surface area contributed by atoms with E-state index in [9.17, 15) is 55.5 Å². The second-order valence-electron chi connectivity index (χ2n) is 10.9. The van der Waals surface area contributed by atoms with Gasteiger partial charge in [0.1, 0.15) is 59.1 Å². The molecule has 0 radical (unpaired) electrons. The molecule has 0 amide bonds. The van der Waals surface area contributed by atoms with E-state index in [0.717, 1.165) is 31.2 Å². The van der Waals surface area contributed by atoms with Crippen LogP contribution in [0.3, 0.4) is 0 Å². The van der Waals surface area contributed by atoms with Crippen LogP contribution in [0.1, 0.15) is 13.8 Å². The number of rotatable bonds is 7. The minimum absolute atomic E-state index is 0.0502. The Hall–Kier alpha value is -4.20. The molecule has 0 saturated carbocycles. The summed E-state index contributed by atoms with van der Waals surface area (Å²) in [6.07, 6.45) is -16.1. The molecule has 0 unspecified atom stereocenters. The van der Waals surface area contributed by atoms with E-state index in [-0.39, 0.29) is 11.1 Å². The second-order valence-corrected chi connectivity index (χ2v) is 10.9. The van der Waals surface area contributed by atoms with Gasteiger partial charge in [0.25, 0.3) is 0 Å². The fourth-order valence-corrected chi connectivity index (χ4v) is 5.14. The van der Waals surface area contributed by atoms with Crippen molar-refractivity contribution in [2.24, 2.45) is 0 Å². The molecule has 17 nitrogen and oxygen atoms in total. The maximum atomic E-state index is 13.8. The van der Waals surface area contributed by atoms with E-state index in [4.69, 9.17) is 28.1 Å². The summed E-state index contributed by atoms with van der Waals surface area (Å²) in [5.74, 6) is -4.37. The molecular formula is C29H32O17. The largest absolute Gasteiger partial charge is 0.508 e. The Bertz CT molecular complexity index is 1650. The Morgan fingerprint density at radius 2 is 1.54 bits per heavy atom. The number of ether oxygens (including phenoxy) is 5. The Kier molecular flexibility index (Phi) is 9.30. The highest BCUT2D eigenvalue weighted by atomic mass is 16.7. The van der Waals surface area contributed by atoms with Crippen molar-refractivity contribution in [1.82, 2.24) is 0 Å². The van der Waals surface area contributed by atoms with Gasteiger partial charge in [0.15, 0.2) is 29.7 Å². The van der Waals surface area contributed by atoms with Gasteiger partial charge >= 0.3 is 5.97 Å². The van der Waals surface area contributed by atoms with E-state index in [2.05, 4.69) is 0 Å². The summed E-state index contributed by atoms with van der Waals surface area (Å²) < 4.78 is 33.4. The van der Waals surface area contributed by atoms with Crippen LogP contribution in [-0.4, -0.2) is 120 Å². The number of esters is 1. The van der Waals surface area contributed by atoms with Crippen LogP contribution in [-0.2, 0) is 23.7 Å². The lowest BCUT2D eigenvalue weighted by Crippen LogP contribution is -2.62. The van der Waals surface area contributed by atoms with Gasteiger partial charge < -0.3 is 74.1 Å². The van der Waals surface area contributed by atoms with Crippen LogP contribution in [0.4, 0.5) is 0 Å². The summed E-state index contributed by atoms with van der Waals surface area (Å²) >= 11 is 0. The molecule has 0 spiro atoms. The zero-order valence-corrected chi connectivity index (χ0v) is 24.2. The third kappa shape index (κ3) is 6.26. The quantitative estimate of drug-likeness (QED) is 0.108. The van der Waals surface area contributed by atoms with Crippen LogP contribution in [0.5, 0.6) is 28.7 Å². The van der Waals surface area contributed by atoms with Gasteiger partial charge in [0, 0.05) is 24.6 Å². The van der Waals surface area contributed by atoms with Crippen molar-refractivity contribution in [3.63, 3.8) is 0 Å². The van der Waals surface area contributed by atoms with E-state index >= 15 is 0 Å². The highest BCUT2D eigenvalue weighted by Crippen LogP contribution is 2.39. The predicted molar refractivity (Wildman–Crippen MR) is 150 cm³/mol. The van der Waals surface area contributed by atoms with Crippen molar-refractivity contribution in [2.75, 3.05) is 6.61 Å². The number of hydrogen-bond acceptors (Lipinski definition) is 17. The normalized spacial score (nSPS) is 31.5. The van der Waals surface area contributed by atoms with Crippen LogP contribution in [0.25, 0.3) is 22.3 Å². The number of carbonyl (C=O) groups is 1. The van der Waals surface area contributed by atoms with E-state index in [1.807, 2.05) is 0 Å². The van der Waals surface area contributed by atoms with E-state index in [1.165, 1.54) is 13.0 Å². The summed E-state index contributed by atoms with van der Waals surface area (Å²) in [4.78, 5) is 25.7. The molecule has 0 bridgehead atoms. The number of aromatic hydroxyl groups is 4. The number of carbonyl (C=O) groups excluding carboxylic acids is 1. The number of hydrogen-bond donors (Lipinski definition) is 9. The molecule has 9 N–H and O–H groups in total. The number of phenols is 4. The van der Waals surface area contributed by atoms with Crippen molar-refractivity contribution in [3.05, 3.63) is 40.6 Å². The highest BCUT2D eigenvalue weighted by Gasteiger charge is 2.50. The first-order chi connectivity index (χ1) is 21.7. The third-order valence-electron chi connectivity index (χ3n) is 7.57. The topological polar surface area (TPSA) is 275 Å². The number of phenolic OH excluding ortho intramolecular Hbond substituents is 4. The Balaban J connectivity index is 1.53. The molecule has 2 aliphatic rings. The molecule has 10 atom stereocenters. The lowest BCUT2D eigenvalue weighted by atomic mass is 9.98. The lowest BCUT2D eigenvalue weighted by Gasteiger charge is -2.43. The first-order valence-electron chi connectivity index (χ1n) is 13.9. The monoisotopic (exact) mass is 652 g/mol. The fourth-order valence-electron chi connectivity index (χ4n) is 5.14. The fraction of sp³-hybridized carbons (Fsp3) is 0.448. The van der Waals surface area contributed by atoms with Crippen molar-refractivity contribution < 1.29 is 78.9 Å². The van der Waals surface area contributed by atoms with E-state index in [1.54, 1.807) is 0 Å². The third-order valence-corrected chi connectivity index (χ3v) is 7.57. The maximum absolute atomic E-state index is 13.8. The van der Waals surface area contributed by atoms with Crippen LogP contribution in [0.15, 0.2) is 39.5 Å².